The summed E-state index contributed by atoms with van der Waals surface area (Å²) in [6.45, 7) is 4.38. The van der Waals surface area contributed by atoms with Crippen LogP contribution in [-0.4, -0.2) is 4.92 Å². The summed E-state index contributed by atoms with van der Waals surface area (Å²) >= 11 is 0. The van der Waals surface area contributed by atoms with Crippen molar-refractivity contribution in [2.45, 2.75) is 26.4 Å². The van der Waals surface area contributed by atoms with Crippen molar-refractivity contribution >= 4 is 5.69 Å². The third-order valence-corrected chi connectivity index (χ3v) is 3.48. The normalized spacial score (nSPS) is 12.1. The number of nitrogens with zero attached hydrogens (tertiary/aromatic N) is 1. The number of nitro benzene ring substituents is 1. The van der Waals surface area contributed by atoms with Crippen molar-refractivity contribution in [3.8, 4) is 0 Å². The van der Waals surface area contributed by atoms with Gasteiger partial charge in [-0.2, -0.15) is 0 Å². The van der Waals surface area contributed by atoms with Gasteiger partial charge in [0.05, 0.1) is 4.92 Å². The molecule has 5 heteroatoms. The van der Waals surface area contributed by atoms with E-state index in [1.807, 2.05) is 19.9 Å². The molecule has 2 aromatic rings. The van der Waals surface area contributed by atoms with Gasteiger partial charge in [-0.15, -0.1) is 0 Å². The van der Waals surface area contributed by atoms with Gasteiger partial charge in [0.15, 0.2) is 0 Å². The Morgan fingerprint density at radius 2 is 2.05 bits per heavy atom. The van der Waals surface area contributed by atoms with Gasteiger partial charge in [0.25, 0.3) is 5.69 Å². The van der Waals surface area contributed by atoms with E-state index >= 15 is 0 Å². The molecule has 1 N–H and O–H groups in total. The van der Waals surface area contributed by atoms with Crippen LogP contribution in [0.15, 0.2) is 42.5 Å². The van der Waals surface area contributed by atoms with Crippen LogP contribution in [0.5, 0.6) is 0 Å². The van der Waals surface area contributed by atoms with E-state index in [9.17, 15) is 14.5 Å². The molecule has 0 radical (unpaired) electrons. The maximum absolute atomic E-state index is 13.0. The first-order valence-electron chi connectivity index (χ1n) is 6.70. The molecular weight excluding hydrogens is 271 g/mol. The first kappa shape index (κ1) is 15.1. The minimum absolute atomic E-state index is 0.0330. The van der Waals surface area contributed by atoms with E-state index in [1.165, 1.54) is 18.2 Å². The summed E-state index contributed by atoms with van der Waals surface area (Å²) in [6, 6.07) is 11.2. The van der Waals surface area contributed by atoms with E-state index in [-0.39, 0.29) is 17.5 Å². The largest absolute Gasteiger partial charge is 0.306 e. The quantitative estimate of drug-likeness (QED) is 0.670. The molecule has 0 saturated heterocycles. The Morgan fingerprint density at radius 1 is 1.29 bits per heavy atom. The van der Waals surface area contributed by atoms with E-state index in [0.717, 1.165) is 16.7 Å². The number of nitro groups is 1. The highest BCUT2D eigenvalue weighted by Crippen LogP contribution is 2.20. The second-order valence-electron chi connectivity index (χ2n) is 5.03. The van der Waals surface area contributed by atoms with Gasteiger partial charge in [0, 0.05) is 24.7 Å². The van der Waals surface area contributed by atoms with Crippen molar-refractivity contribution in [2.75, 3.05) is 0 Å². The zero-order valence-electron chi connectivity index (χ0n) is 12.0. The second-order valence-corrected chi connectivity index (χ2v) is 5.03. The van der Waals surface area contributed by atoms with Crippen LogP contribution in [0.4, 0.5) is 10.1 Å². The van der Waals surface area contributed by atoms with E-state index in [4.69, 9.17) is 0 Å². The first-order valence-corrected chi connectivity index (χ1v) is 6.70. The van der Waals surface area contributed by atoms with Gasteiger partial charge in [0.1, 0.15) is 5.82 Å². The molecule has 0 aromatic heterocycles. The zero-order valence-corrected chi connectivity index (χ0v) is 12.0. The Kier molecular flexibility index (Phi) is 4.65. The van der Waals surface area contributed by atoms with Gasteiger partial charge in [0.2, 0.25) is 0 Å². The van der Waals surface area contributed by atoms with Crippen molar-refractivity contribution in [3.05, 3.63) is 75.1 Å². The lowest BCUT2D eigenvalue weighted by Gasteiger charge is -2.15. The Bertz CT molecular complexity index is 658. The van der Waals surface area contributed by atoms with Gasteiger partial charge in [-0.25, -0.2) is 4.39 Å². The molecule has 0 heterocycles. The molecule has 1 atom stereocenters. The molecule has 0 amide bonds. The lowest BCUT2D eigenvalue weighted by molar-refractivity contribution is -0.384. The fourth-order valence-corrected chi connectivity index (χ4v) is 2.15. The summed E-state index contributed by atoms with van der Waals surface area (Å²) < 4.78 is 13.0. The van der Waals surface area contributed by atoms with Crippen molar-refractivity contribution in [3.63, 3.8) is 0 Å². The molecule has 0 bridgehead atoms. The number of hydrogen-bond donors (Lipinski definition) is 1. The van der Waals surface area contributed by atoms with E-state index in [2.05, 4.69) is 5.32 Å². The average Bonchev–Trinajstić information content (AvgIpc) is 2.46. The molecule has 2 aromatic carbocycles. The summed E-state index contributed by atoms with van der Waals surface area (Å²) in [5.74, 6) is -0.247. The first-order chi connectivity index (χ1) is 9.97. The molecular formula is C16H17FN2O2. The number of aryl methyl sites for hydroxylation is 1. The number of halogens is 1. The molecule has 1 unspecified atom stereocenters. The van der Waals surface area contributed by atoms with E-state index in [1.54, 1.807) is 18.2 Å². The van der Waals surface area contributed by atoms with Gasteiger partial charge < -0.3 is 5.32 Å². The summed E-state index contributed by atoms with van der Waals surface area (Å²) in [4.78, 5) is 10.4. The molecule has 0 fully saturated rings. The third kappa shape index (κ3) is 3.86. The third-order valence-electron chi connectivity index (χ3n) is 3.48. The molecule has 4 nitrogen and oxygen atoms in total. The van der Waals surface area contributed by atoms with Crippen LogP contribution < -0.4 is 5.32 Å². The Morgan fingerprint density at radius 3 is 2.71 bits per heavy atom. The van der Waals surface area contributed by atoms with Crippen LogP contribution in [0.2, 0.25) is 0 Å². The summed E-state index contributed by atoms with van der Waals surface area (Å²) in [5.41, 5.74) is 2.82. The summed E-state index contributed by atoms with van der Waals surface area (Å²) in [5, 5.41) is 14.1. The van der Waals surface area contributed by atoms with Gasteiger partial charge in [-0.1, -0.05) is 18.2 Å². The van der Waals surface area contributed by atoms with E-state index in [0.29, 0.717) is 6.54 Å². The van der Waals surface area contributed by atoms with Crippen LogP contribution in [0.25, 0.3) is 0 Å². The van der Waals surface area contributed by atoms with Crippen molar-refractivity contribution in [1.29, 1.82) is 0 Å². The average molecular weight is 288 g/mol. The van der Waals surface area contributed by atoms with Gasteiger partial charge in [-0.3, -0.25) is 10.1 Å². The smallest absolute Gasteiger partial charge is 0.269 e. The molecule has 2 rings (SSSR count). The Balaban J connectivity index is 2.06. The van der Waals surface area contributed by atoms with Crippen molar-refractivity contribution in [2.24, 2.45) is 0 Å². The van der Waals surface area contributed by atoms with E-state index < -0.39 is 4.92 Å². The number of rotatable bonds is 5. The molecule has 0 aliphatic carbocycles. The maximum Gasteiger partial charge on any atom is 0.269 e. The predicted molar refractivity (Wildman–Crippen MR) is 79.5 cm³/mol. The molecule has 0 spiro atoms. The number of non-ortho nitro benzene ring substituents is 1. The molecule has 0 aliphatic heterocycles. The molecule has 0 saturated carbocycles. The lowest BCUT2D eigenvalue weighted by Crippen LogP contribution is -2.18. The van der Waals surface area contributed by atoms with Crippen LogP contribution in [0.3, 0.4) is 0 Å². The fraction of sp³-hybridized carbons (Fsp3) is 0.250. The SMILES string of the molecule is Cc1cc(F)ccc1CNC(C)c1cccc([N+](=O)[O-])c1. The number of hydrogen-bond acceptors (Lipinski definition) is 3. The highest BCUT2D eigenvalue weighted by atomic mass is 19.1. The highest BCUT2D eigenvalue weighted by Gasteiger charge is 2.11. The minimum atomic E-state index is -0.402. The lowest BCUT2D eigenvalue weighted by atomic mass is 10.1. The minimum Gasteiger partial charge on any atom is -0.306 e. The highest BCUT2D eigenvalue weighted by molar-refractivity contribution is 5.35. The van der Waals surface area contributed by atoms with Crippen molar-refractivity contribution < 1.29 is 9.31 Å². The summed E-state index contributed by atoms with van der Waals surface area (Å²) in [6.07, 6.45) is 0. The van der Waals surface area contributed by atoms with Crippen LogP contribution in [0.1, 0.15) is 29.7 Å². The standard InChI is InChI=1S/C16H17FN2O2/c1-11-8-15(17)7-6-14(11)10-18-12(2)13-4-3-5-16(9-13)19(20)21/h3-9,12,18H,10H2,1-2H3. The predicted octanol–water partition coefficient (Wildman–Crippen LogP) is 3.89. The van der Waals surface area contributed by atoms with Crippen LogP contribution in [-0.2, 0) is 6.54 Å². The second kappa shape index (κ2) is 6.45. The van der Waals surface area contributed by atoms with Crippen LogP contribution in [0, 0.1) is 22.9 Å². The molecule has 110 valence electrons. The van der Waals surface area contributed by atoms with Crippen LogP contribution >= 0.6 is 0 Å². The summed E-state index contributed by atoms with van der Waals surface area (Å²) in [7, 11) is 0. The molecule has 21 heavy (non-hydrogen) atoms. The number of nitrogens with one attached hydrogen (secondary N) is 1. The Labute approximate surface area is 122 Å². The zero-order chi connectivity index (χ0) is 15.4. The fourth-order valence-electron chi connectivity index (χ4n) is 2.15. The molecule has 0 aliphatic rings. The van der Waals surface area contributed by atoms with Crippen molar-refractivity contribution in [1.82, 2.24) is 5.32 Å². The van der Waals surface area contributed by atoms with Gasteiger partial charge >= 0.3 is 0 Å². The monoisotopic (exact) mass is 288 g/mol. The topological polar surface area (TPSA) is 55.2 Å². The van der Waals surface area contributed by atoms with Gasteiger partial charge in [-0.05, 0) is 42.7 Å². The maximum atomic E-state index is 13.0. The Hall–Kier alpha value is -2.27. The number of benzene rings is 2.